The summed E-state index contributed by atoms with van der Waals surface area (Å²) in [6, 6.07) is 3.17. The van der Waals surface area contributed by atoms with E-state index < -0.39 is 24.5 Å². The summed E-state index contributed by atoms with van der Waals surface area (Å²) in [7, 11) is 0. The van der Waals surface area contributed by atoms with Gasteiger partial charge in [-0.15, -0.1) is 0 Å². The number of benzene rings is 1. The molecule has 0 spiro atoms. The minimum Gasteiger partial charge on any atom is -0.481 e. The Bertz CT molecular complexity index is 602. The second-order valence-corrected chi connectivity index (χ2v) is 5.85. The van der Waals surface area contributed by atoms with Gasteiger partial charge in [0.1, 0.15) is 5.75 Å². The van der Waals surface area contributed by atoms with E-state index in [-0.39, 0.29) is 12.6 Å². The highest BCUT2D eigenvalue weighted by Crippen LogP contribution is 2.24. The van der Waals surface area contributed by atoms with Gasteiger partial charge in [0.15, 0.2) is 13.2 Å². The molecule has 2 N–H and O–H groups in total. The highest BCUT2D eigenvalue weighted by Gasteiger charge is 2.13. The van der Waals surface area contributed by atoms with Crippen LogP contribution < -0.4 is 15.4 Å². The summed E-state index contributed by atoms with van der Waals surface area (Å²) in [4.78, 5) is 34.4. The maximum absolute atomic E-state index is 11.6. The van der Waals surface area contributed by atoms with Crippen LogP contribution in [0.3, 0.4) is 0 Å². The number of nitrogens with one attached hydrogen (secondary N) is 2. The Morgan fingerprint density at radius 3 is 2.17 bits per heavy atom. The predicted molar refractivity (Wildman–Crippen MR) is 88.9 cm³/mol. The summed E-state index contributed by atoms with van der Waals surface area (Å²) < 4.78 is 10.2. The molecule has 7 nitrogen and oxygen atoms in total. The topological polar surface area (TPSA) is 93.7 Å². The van der Waals surface area contributed by atoms with E-state index in [2.05, 4.69) is 10.6 Å². The Balaban J connectivity index is 2.40. The van der Waals surface area contributed by atoms with E-state index in [0.29, 0.717) is 5.75 Å². The molecule has 0 radical (unpaired) electrons. The lowest BCUT2D eigenvalue weighted by molar-refractivity contribution is -0.150. The van der Waals surface area contributed by atoms with E-state index >= 15 is 0 Å². The van der Waals surface area contributed by atoms with Gasteiger partial charge in [-0.05, 0) is 45.7 Å². The molecule has 1 aromatic carbocycles. The molecule has 24 heavy (non-hydrogen) atoms. The van der Waals surface area contributed by atoms with Crippen molar-refractivity contribution >= 4 is 17.9 Å². The Hall–Kier alpha value is -2.57. The number of ether oxygens (including phenoxy) is 2. The molecule has 0 unspecified atom stereocenters. The zero-order valence-electron chi connectivity index (χ0n) is 14.7. The number of carbonyl (C=O) groups excluding carboxylic acids is 3. The maximum atomic E-state index is 11.6. The number of aryl methyl sites for hydroxylation is 3. The van der Waals surface area contributed by atoms with Crippen molar-refractivity contribution < 1.29 is 23.9 Å². The molecular weight excluding hydrogens is 312 g/mol. The van der Waals surface area contributed by atoms with Crippen molar-refractivity contribution in [1.82, 2.24) is 10.6 Å². The lowest BCUT2D eigenvalue weighted by atomic mass is 10.1. The average Bonchev–Trinajstić information content (AvgIpc) is 2.42. The van der Waals surface area contributed by atoms with Crippen molar-refractivity contribution in [1.29, 1.82) is 0 Å². The van der Waals surface area contributed by atoms with Crippen LogP contribution in [0.1, 0.15) is 30.5 Å². The number of hydrogen-bond acceptors (Lipinski definition) is 5. The number of hydrogen-bond donors (Lipinski definition) is 2. The van der Waals surface area contributed by atoms with Crippen molar-refractivity contribution in [3.05, 3.63) is 28.8 Å². The summed E-state index contributed by atoms with van der Waals surface area (Å²) in [5.74, 6) is -0.767. The first-order valence-electron chi connectivity index (χ1n) is 7.65. The smallest absolute Gasteiger partial charge is 0.344 e. The molecule has 0 atom stereocenters. The lowest BCUT2D eigenvalue weighted by Gasteiger charge is -2.13. The summed E-state index contributed by atoms with van der Waals surface area (Å²) in [6.45, 7) is 8.43. The van der Waals surface area contributed by atoms with Gasteiger partial charge in [0.25, 0.3) is 5.91 Å². The third kappa shape index (κ3) is 6.68. The van der Waals surface area contributed by atoms with Crippen LogP contribution in [0.4, 0.5) is 4.79 Å². The normalized spacial score (nSPS) is 10.2. The van der Waals surface area contributed by atoms with Crippen LogP contribution in [0.2, 0.25) is 0 Å². The SMILES string of the molecule is Cc1cc(C)c(OCC(=O)OCC(=O)NC(=O)NC(C)C)c(C)c1. The number of rotatable bonds is 6. The van der Waals surface area contributed by atoms with Crippen LogP contribution in [-0.2, 0) is 14.3 Å². The van der Waals surface area contributed by atoms with Crippen molar-refractivity contribution in [3.63, 3.8) is 0 Å². The first-order chi connectivity index (χ1) is 11.2. The fourth-order valence-electron chi connectivity index (χ4n) is 2.17. The Morgan fingerprint density at radius 1 is 1.04 bits per heavy atom. The van der Waals surface area contributed by atoms with Gasteiger partial charge in [0.05, 0.1) is 0 Å². The lowest BCUT2D eigenvalue weighted by Crippen LogP contribution is -2.44. The Morgan fingerprint density at radius 2 is 1.62 bits per heavy atom. The third-order valence-corrected chi connectivity index (χ3v) is 2.98. The summed E-state index contributed by atoms with van der Waals surface area (Å²) in [5, 5.41) is 4.55. The van der Waals surface area contributed by atoms with Gasteiger partial charge in [-0.2, -0.15) is 0 Å². The number of imide groups is 1. The molecule has 132 valence electrons. The molecule has 3 amide bonds. The first kappa shape index (κ1) is 19.5. The van der Waals surface area contributed by atoms with E-state index in [9.17, 15) is 14.4 Å². The largest absolute Gasteiger partial charge is 0.481 e. The van der Waals surface area contributed by atoms with Gasteiger partial charge in [-0.3, -0.25) is 10.1 Å². The van der Waals surface area contributed by atoms with Crippen LogP contribution in [0.15, 0.2) is 12.1 Å². The van der Waals surface area contributed by atoms with E-state index in [4.69, 9.17) is 9.47 Å². The summed E-state index contributed by atoms with van der Waals surface area (Å²) >= 11 is 0. The minimum absolute atomic E-state index is 0.102. The molecule has 0 aliphatic heterocycles. The molecule has 0 saturated heterocycles. The summed E-state index contributed by atoms with van der Waals surface area (Å²) in [6.07, 6.45) is 0. The molecule has 0 fully saturated rings. The van der Waals surface area contributed by atoms with Gasteiger partial charge in [-0.1, -0.05) is 17.7 Å². The van der Waals surface area contributed by atoms with Crippen molar-refractivity contribution in [2.24, 2.45) is 0 Å². The quantitative estimate of drug-likeness (QED) is 0.772. The zero-order valence-corrected chi connectivity index (χ0v) is 14.7. The zero-order chi connectivity index (χ0) is 18.3. The second kappa shape index (κ2) is 8.90. The molecule has 0 aliphatic rings. The molecule has 7 heteroatoms. The van der Waals surface area contributed by atoms with Crippen LogP contribution in [-0.4, -0.2) is 37.2 Å². The van der Waals surface area contributed by atoms with Crippen LogP contribution in [0.25, 0.3) is 0 Å². The van der Waals surface area contributed by atoms with E-state index in [1.807, 2.05) is 32.9 Å². The fourth-order valence-corrected chi connectivity index (χ4v) is 2.17. The van der Waals surface area contributed by atoms with Gasteiger partial charge in [0, 0.05) is 6.04 Å². The second-order valence-electron chi connectivity index (χ2n) is 5.85. The predicted octanol–water partition coefficient (Wildman–Crippen LogP) is 1.77. The molecule has 0 saturated carbocycles. The Labute approximate surface area is 141 Å². The average molecular weight is 336 g/mol. The first-order valence-corrected chi connectivity index (χ1v) is 7.65. The van der Waals surface area contributed by atoms with E-state index in [1.54, 1.807) is 13.8 Å². The van der Waals surface area contributed by atoms with Crippen LogP contribution >= 0.6 is 0 Å². The molecule has 0 aliphatic carbocycles. The number of carbonyl (C=O) groups is 3. The standard InChI is InChI=1S/C17H24N2O5/c1-10(2)18-17(22)19-14(20)8-23-15(21)9-24-16-12(4)6-11(3)7-13(16)5/h6-7,10H,8-9H2,1-5H3,(H2,18,19,20,22). The fraction of sp³-hybridized carbons (Fsp3) is 0.471. The number of esters is 1. The van der Waals surface area contributed by atoms with Gasteiger partial charge < -0.3 is 14.8 Å². The van der Waals surface area contributed by atoms with Crippen LogP contribution in [0, 0.1) is 20.8 Å². The third-order valence-electron chi connectivity index (χ3n) is 2.98. The molecule has 0 bridgehead atoms. The molecule has 0 heterocycles. The maximum Gasteiger partial charge on any atom is 0.344 e. The van der Waals surface area contributed by atoms with Crippen molar-refractivity contribution in [2.45, 2.75) is 40.7 Å². The van der Waals surface area contributed by atoms with E-state index in [1.165, 1.54) is 0 Å². The van der Waals surface area contributed by atoms with Gasteiger partial charge in [-0.25, -0.2) is 9.59 Å². The molecule has 0 aromatic heterocycles. The molecule has 1 aromatic rings. The van der Waals surface area contributed by atoms with Gasteiger partial charge >= 0.3 is 12.0 Å². The number of amides is 3. The molecular formula is C17H24N2O5. The minimum atomic E-state index is -0.704. The number of urea groups is 1. The van der Waals surface area contributed by atoms with E-state index in [0.717, 1.165) is 16.7 Å². The van der Waals surface area contributed by atoms with Gasteiger partial charge in [0.2, 0.25) is 0 Å². The van der Waals surface area contributed by atoms with Crippen molar-refractivity contribution in [3.8, 4) is 5.75 Å². The van der Waals surface area contributed by atoms with Crippen molar-refractivity contribution in [2.75, 3.05) is 13.2 Å². The Kier molecular flexibility index (Phi) is 7.23. The monoisotopic (exact) mass is 336 g/mol. The highest BCUT2D eigenvalue weighted by molar-refractivity contribution is 5.95. The molecule has 1 rings (SSSR count). The van der Waals surface area contributed by atoms with Crippen LogP contribution in [0.5, 0.6) is 5.75 Å². The highest BCUT2D eigenvalue weighted by atomic mass is 16.6. The summed E-state index contributed by atoms with van der Waals surface area (Å²) in [5.41, 5.74) is 2.95.